The van der Waals surface area contributed by atoms with Gasteiger partial charge in [-0.05, 0) is 24.4 Å². The summed E-state index contributed by atoms with van der Waals surface area (Å²) in [6.45, 7) is 2.64. The van der Waals surface area contributed by atoms with Gasteiger partial charge in [0.15, 0.2) is 0 Å². The molecule has 0 amide bonds. The molecule has 0 aromatic carbocycles. The van der Waals surface area contributed by atoms with Crippen molar-refractivity contribution in [1.82, 2.24) is 0 Å². The number of nitrogens with one attached hydrogen (secondary N) is 1. The third-order valence-corrected chi connectivity index (χ3v) is 1.60. The Morgan fingerprint density at radius 2 is 2.67 bits per heavy atom. The van der Waals surface area contributed by atoms with Gasteiger partial charge in [-0.1, -0.05) is 0 Å². The van der Waals surface area contributed by atoms with Crippen molar-refractivity contribution >= 4 is 16.3 Å². The molecule has 1 aromatic rings. The van der Waals surface area contributed by atoms with Gasteiger partial charge in [0, 0.05) is 0 Å². The van der Waals surface area contributed by atoms with Crippen molar-refractivity contribution in [3.63, 3.8) is 0 Å². The highest BCUT2D eigenvalue weighted by Gasteiger charge is 1.86. The summed E-state index contributed by atoms with van der Waals surface area (Å²) in [7, 11) is 0. The minimum atomic E-state index is 0.692. The van der Waals surface area contributed by atoms with Crippen molar-refractivity contribution in [2.24, 2.45) is 0 Å². The van der Waals surface area contributed by atoms with Crippen LogP contribution in [-0.4, -0.2) is 6.61 Å². The van der Waals surface area contributed by atoms with Crippen molar-refractivity contribution in [3.05, 3.63) is 17.5 Å². The molecule has 1 aromatic heterocycles. The molecule has 0 aliphatic rings. The van der Waals surface area contributed by atoms with E-state index in [-0.39, 0.29) is 0 Å². The van der Waals surface area contributed by atoms with Crippen LogP contribution < -0.4 is 5.48 Å². The second kappa shape index (κ2) is 3.48. The van der Waals surface area contributed by atoms with E-state index in [1.807, 2.05) is 24.4 Å². The first-order valence-corrected chi connectivity index (χ1v) is 3.72. The van der Waals surface area contributed by atoms with Gasteiger partial charge in [0.2, 0.25) is 0 Å². The molecule has 0 aliphatic heterocycles. The highest BCUT2D eigenvalue weighted by atomic mass is 32.1. The summed E-state index contributed by atoms with van der Waals surface area (Å²) < 4.78 is 0. The van der Waals surface area contributed by atoms with Crippen LogP contribution in [0.1, 0.15) is 6.92 Å². The summed E-state index contributed by atoms with van der Waals surface area (Å²) in [5.74, 6) is 0. The Morgan fingerprint density at radius 3 is 3.22 bits per heavy atom. The smallest absolute Gasteiger partial charge is 0.113 e. The first-order chi connectivity index (χ1) is 4.43. The van der Waals surface area contributed by atoms with E-state index in [4.69, 9.17) is 4.84 Å². The van der Waals surface area contributed by atoms with E-state index in [1.165, 1.54) is 0 Å². The van der Waals surface area contributed by atoms with Crippen molar-refractivity contribution < 1.29 is 4.84 Å². The summed E-state index contributed by atoms with van der Waals surface area (Å²) in [4.78, 5) is 4.94. The van der Waals surface area contributed by atoms with Crippen LogP contribution >= 0.6 is 11.3 Å². The van der Waals surface area contributed by atoms with Crippen molar-refractivity contribution in [3.8, 4) is 0 Å². The zero-order valence-electron chi connectivity index (χ0n) is 5.26. The molecule has 1 heterocycles. The van der Waals surface area contributed by atoms with Gasteiger partial charge in [-0.15, -0.1) is 11.3 Å². The third-order valence-electron chi connectivity index (χ3n) is 0.838. The molecule has 0 saturated heterocycles. The van der Waals surface area contributed by atoms with E-state index in [0.717, 1.165) is 5.00 Å². The molecule has 50 valence electrons. The van der Waals surface area contributed by atoms with Gasteiger partial charge in [0.05, 0.1) is 6.61 Å². The quantitative estimate of drug-likeness (QED) is 0.654. The van der Waals surface area contributed by atoms with E-state index in [1.54, 1.807) is 11.3 Å². The standard InChI is InChI=1S/C6H9NOS/c1-2-8-7-6-4-3-5-9-6/h3-5,7H,2H2,1H3. The molecule has 0 aliphatic carbocycles. The highest BCUT2D eigenvalue weighted by molar-refractivity contribution is 7.14. The van der Waals surface area contributed by atoms with Crippen LogP contribution in [-0.2, 0) is 4.84 Å². The predicted molar refractivity (Wildman–Crippen MR) is 39.6 cm³/mol. The first kappa shape index (κ1) is 6.58. The van der Waals surface area contributed by atoms with Gasteiger partial charge >= 0.3 is 0 Å². The molecule has 0 fully saturated rings. The van der Waals surface area contributed by atoms with Gasteiger partial charge in [-0.2, -0.15) is 0 Å². The second-order valence-electron chi connectivity index (χ2n) is 1.51. The van der Waals surface area contributed by atoms with Gasteiger partial charge in [0.1, 0.15) is 5.00 Å². The Kier molecular flexibility index (Phi) is 2.54. The molecule has 0 atom stereocenters. The normalized spacial score (nSPS) is 9.44. The van der Waals surface area contributed by atoms with Crippen LogP contribution in [0, 0.1) is 0 Å². The molecule has 2 nitrogen and oxygen atoms in total. The van der Waals surface area contributed by atoms with E-state index in [2.05, 4.69) is 5.48 Å². The number of hydrogen-bond donors (Lipinski definition) is 1. The summed E-state index contributed by atoms with van der Waals surface area (Å²) >= 11 is 1.63. The van der Waals surface area contributed by atoms with E-state index >= 15 is 0 Å². The number of thiophene rings is 1. The molecular formula is C6H9NOS. The number of hydrogen-bond acceptors (Lipinski definition) is 3. The van der Waals surface area contributed by atoms with Crippen LogP contribution in [0.5, 0.6) is 0 Å². The lowest BCUT2D eigenvalue weighted by Gasteiger charge is -1.98. The Bertz CT molecular complexity index is 150. The van der Waals surface area contributed by atoms with Gasteiger partial charge < -0.3 is 0 Å². The molecule has 3 heteroatoms. The SMILES string of the molecule is CCONc1cccs1. The third kappa shape index (κ3) is 2.03. The van der Waals surface area contributed by atoms with Crippen LogP contribution in [0.2, 0.25) is 0 Å². The highest BCUT2D eigenvalue weighted by Crippen LogP contribution is 2.14. The maximum absolute atomic E-state index is 4.94. The maximum Gasteiger partial charge on any atom is 0.113 e. The molecule has 9 heavy (non-hydrogen) atoms. The molecule has 1 rings (SSSR count). The zero-order valence-corrected chi connectivity index (χ0v) is 6.07. The van der Waals surface area contributed by atoms with E-state index < -0.39 is 0 Å². The average molecular weight is 143 g/mol. The lowest BCUT2D eigenvalue weighted by atomic mass is 10.6. The average Bonchev–Trinajstić information content (AvgIpc) is 2.34. The maximum atomic E-state index is 4.94. The van der Waals surface area contributed by atoms with E-state index in [9.17, 15) is 0 Å². The topological polar surface area (TPSA) is 21.3 Å². The Hall–Kier alpha value is -0.540. The molecule has 0 spiro atoms. The molecule has 0 bridgehead atoms. The zero-order chi connectivity index (χ0) is 6.53. The minimum Gasteiger partial charge on any atom is -0.276 e. The molecule has 1 N–H and O–H groups in total. The second-order valence-corrected chi connectivity index (χ2v) is 2.46. The van der Waals surface area contributed by atoms with Gasteiger partial charge in [-0.25, -0.2) is 0 Å². The van der Waals surface area contributed by atoms with Crippen LogP contribution in [0.3, 0.4) is 0 Å². The fourth-order valence-corrected chi connectivity index (χ4v) is 1.05. The van der Waals surface area contributed by atoms with E-state index in [0.29, 0.717) is 6.61 Å². The first-order valence-electron chi connectivity index (χ1n) is 2.85. The summed E-state index contributed by atoms with van der Waals surface area (Å²) in [5.41, 5.74) is 2.79. The number of anilines is 1. The molecular weight excluding hydrogens is 134 g/mol. The van der Waals surface area contributed by atoms with Crippen molar-refractivity contribution in [2.75, 3.05) is 12.1 Å². The lowest BCUT2D eigenvalue weighted by Crippen LogP contribution is -1.97. The molecule has 0 radical (unpaired) electrons. The van der Waals surface area contributed by atoms with Crippen LogP contribution in [0.4, 0.5) is 5.00 Å². The van der Waals surface area contributed by atoms with Gasteiger partial charge in [0.25, 0.3) is 0 Å². The van der Waals surface area contributed by atoms with Crippen LogP contribution in [0.15, 0.2) is 17.5 Å². The Balaban J connectivity index is 2.30. The monoisotopic (exact) mass is 143 g/mol. The molecule has 0 saturated carbocycles. The fraction of sp³-hybridized carbons (Fsp3) is 0.333. The predicted octanol–water partition coefficient (Wildman–Crippen LogP) is 2.11. The summed E-state index contributed by atoms with van der Waals surface area (Å²) in [6.07, 6.45) is 0. The Labute approximate surface area is 58.4 Å². The fourth-order valence-electron chi connectivity index (χ4n) is 0.480. The summed E-state index contributed by atoms with van der Waals surface area (Å²) in [5, 5.41) is 3.05. The van der Waals surface area contributed by atoms with Crippen molar-refractivity contribution in [1.29, 1.82) is 0 Å². The minimum absolute atomic E-state index is 0.692. The van der Waals surface area contributed by atoms with Gasteiger partial charge in [-0.3, -0.25) is 10.3 Å². The number of rotatable bonds is 3. The lowest BCUT2D eigenvalue weighted by molar-refractivity contribution is 0.211. The molecule has 0 unspecified atom stereocenters. The summed E-state index contributed by atoms with van der Waals surface area (Å²) in [6, 6.07) is 3.95. The Morgan fingerprint density at radius 1 is 1.78 bits per heavy atom. The van der Waals surface area contributed by atoms with Crippen LogP contribution in [0.25, 0.3) is 0 Å². The largest absolute Gasteiger partial charge is 0.276 e. The van der Waals surface area contributed by atoms with Crippen molar-refractivity contribution in [2.45, 2.75) is 6.92 Å².